The predicted molar refractivity (Wildman–Crippen MR) is 79.1 cm³/mol. The molecule has 0 fully saturated rings. The molecular weight excluding hydrogens is 257 g/mol. The number of halogens is 1. The molecule has 100 valence electrons. The average Bonchev–Trinajstić information content (AvgIpc) is 2.42. The maximum absolute atomic E-state index is 14.1. The molecule has 2 aromatic rings. The van der Waals surface area contributed by atoms with E-state index in [0.29, 0.717) is 4.90 Å². The van der Waals surface area contributed by atoms with Gasteiger partial charge in [0.25, 0.3) is 0 Å². The maximum atomic E-state index is 14.1. The zero-order valence-electron chi connectivity index (χ0n) is 11.2. The molecule has 19 heavy (non-hydrogen) atoms. The van der Waals surface area contributed by atoms with Crippen molar-refractivity contribution in [2.45, 2.75) is 29.7 Å². The Morgan fingerprint density at radius 3 is 2.53 bits per heavy atom. The normalized spacial score (nSPS) is 12.4. The maximum Gasteiger partial charge on any atom is 0.137 e. The lowest BCUT2D eigenvalue weighted by Gasteiger charge is -2.13. The molecule has 1 unspecified atom stereocenters. The van der Waals surface area contributed by atoms with Crippen molar-refractivity contribution >= 4 is 11.8 Å². The quantitative estimate of drug-likeness (QED) is 0.852. The second kappa shape index (κ2) is 6.73. The zero-order valence-corrected chi connectivity index (χ0v) is 12.0. The van der Waals surface area contributed by atoms with E-state index in [0.717, 1.165) is 17.0 Å². The summed E-state index contributed by atoms with van der Waals surface area (Å²) in [5.74, 6) is -0.156. The summed E-state index contributed by atoms with van der Waals surface area (Å²) < 4.78 is 14.1. The fraction of sp³-hybridized carbons (Fsp3) is 0.250. The lowest BCUT2D eigenvalue weighted by molar-refractivity contribution is 0.572. The molecule has 0 aromatic heterocycles. The second-order valence-electron chi connectivity index (χ2n) is 4.38. The first-order valence-corrected chi connectivity index (χ1v) is 7.28. The van der Waals surface area contributed by atoms with Gasteiger partial charge in [-0.1, -0.05) is 43.0 Å². The van der Waals surface area contributed by atoms with Crippen LogP contribution < -0.4 is 5.32 Å². The van der Waals surface area contributed by atoms with Gasteiger partial charge in [-0.25, -0.2) is 4.39 Å². The highest BCUT2D eigenvalue weighted by molar-refractivity contribution is 7.99. The molecule has 0 heterocycles. The molecule has 0 amide bonds. The number of benzene rings is 2. The summed E-state index contributed by atoms with van der Waals surface area (Å²) in [6, 6.07) is 15.5. The van der Waals surface area contributed by atoms with Gasteiger partial charge >= 0.3 is 0 Å². The van der Waals surface area contributed by atoms with Gasteiger partial charge in [0.1, 0.15) is 5.82 Å². The van der Waals surface area contributed by atoms with E-state index in [1.54, 1.807) is 6.07 Å². The number of hydrogen-bond donors (Lipinski definition) is 1. The summed E-state index contributed by atoms with van der Waals surface area (Å²) in [7, 11) is 0. The van der Waals surface area contributed by atoms with Gasteiger partial charge in [0, 0.05) is 15.8 Å². The third-order valence-corrected chi connectivity index (χ3v) is 4.00. The van der Waals surface area contributed by atoms with Crippen LogP contribution in [0.15, 0.2) is 58.3 Å². The van der Waals surface area contributed by atoms with E-state index in [1.165, 1.54) is 11.8 Å². The highest BCUT2D eigenvalue weighted by Gasteiger charge is 2.09. The molecule has 2 rings (SSSR count). The van der Waals surface area contributed by atoms with Crippen molar-refractivity contribution in [3.8, 4) is 0 Å². The summed E-state index contributed by atoms with van der Waals surface area (Å²) in [5, 5.41) is 3.28. The fourth-order valence-corrected chi connectivity index (χ4v) is 2.75. The lowest BCUT2D eigenvalue weighted by Crippen LogP contribution is -2.17. The monoisotopic (exact) mass is 275 g/mol. The van der Waals surface area contributed by atoms with Crippen LogP contribution in [-0.4, -0.2) is 6.54 Å². The van der Waals surface area contributed by atoms with Crippen molar-refractivity contribution in [1.29, 1.82) is 0 Å². The third kappa shape index (κ3) is 3.82. The Hall–Kier alpha value is -1.32. The van der Waals surface area contributed by atoms with E-state index in [4.69, 9.17) is 0 Å². The van der Waals surface area contributed by atoms with Crippen molar-refractivity contribution in [2.75, 3.05) is 6.54 Å². The van der Waals surface area contributed by atoms with Gasteiger partial charge in [0.15, 0.2) is 0 Å². The minimum Gasteiger partial charge on any atom is -0.310 e. The van der Waals surface area contributed by atoms with Crippen LogP contribution in [0.2, 0.25) is 0 Å². The molecule has 0 saturated carbocycles. The van der Waals surface area contributed by atoms with Gasteiger partial charge in [-0.05, 0) is 43.3 Å². The largest absolute Gasteiger partial charge is 0.310 e. The molecule has 2 aromatic carbocycles. The Balaban J connectivity index is 2.15. The average molecular weight is 275 g/mol. The van der Waals surface area contributed by atoms with Gasteiger partial charge in [0.05, 0.1) is 0 Å². The van der Waals surface area contributed by atoms with Gasteiger partial charge < -0.3 is 5.32 Å². The third-order valence-electron chi connectivity index (χ3n) is 2.94. The van der Waals surface area contributed by atoms with Crippen LogP contribution in [0.25, 0.3) is 0 Å². The molecule has 0 radical (unpaired) electrons. The van der Waals surface area contributed by atoms with E-state index in [1.807, 2.05) is 56.3 Å². The molecule has 1 atom stereocenters. The summed E-state index contributed by atoms with van der Waals surface area (Å²) in [6.07, 6.45) is 0. The van der Waals surface area contributed by atoms with Crippen LogP contribution in [-0.2, 0) is 0 Å². The first kappa shape index (κ1) is 14.1. The SMILES string of the molecule is CCNC(C)c1ccc(Sc2ccccc2)c(F)c1. The first-order valence-electron chi connectivity index (χ1n) is 6.46. The predicted octanol–water partition coefficient (Wildman–Crippen LogP) is 4.65. The topological polar surface area (TPSA) is 12.0 Å². The summed E-state index contributed by atoms with van der Waals surface area (Å²) in [5.41, 5.74) is 0.983. The number of hydrogen-bond acceptors (Lipinski definition) is 2. The standard InChI is InChI=1S/C16H18FNS/c1-3-18-12(2)13-9-10-16(15(17)11-13)19-14-7-5-4-6-8-14/h4-12,18H,3H2,1-2H3. The summed E-state index contributed by atoms with van der Waals surface area (Å²) >= 11 is 1.45. The highest BCUT2D eigenvalue weighted by Crippen LogP contribution is 2.30. The molecule has 1 nitrogen and oxygen atoms in total. The molecule has 0 aliphatic rings. The van der Waals surface area contributed by atoms with E-state index >= 15 is 0 Å². The lowest BCUT2D eigenvalue weighted by atomic mass is 10.1. The second-order valence-corrected chi connectivity index (χ2v) is 5.50. The van der Waals surface area contributed by atoms with Gasteiger partial charge in [-0.15, -0.1) is 0 Å². The summed E-state index contributed by atoms with van der Waals surface area (Å²) in [4.78, 5) is 1.72. The molecule has 3 heteroatoms. The van der Waals surface area contributed by atoms with E-state index in [2.05, 4.69) is 5.32 Å². The Morgan fingerprint density at radius 2 is 1.89 bits per heavy atom. The van der Waals surface area contributed by atoms with Crippen LogP contribution in [0.4, 0.5) is 4.39 Å². The Bertz CT molecular complexity index is 528. The molecular formula is C16H18FNS. The van der Waals surface area contributed by atoms with Crippen molar-refractivity contribution in [3.05, 3.63) is 59.9 Å². The van der Waals surface area contributed by atoms with Crippen LogP contribution >= 0.6 is 11.8 Å². The molecule has 1 N–H and O–H groups in total. The van der Waals surface area contributed by atoms with Crippen LogP contribution in [0, 0.1) is 5.82 Å². The minimum absolute atomic E-state index is 0.156. The van der Waals surface area contributed by atoms with E-state index < -0.39 is 0 Å². The fourth-order valence-electron chi connectivity index (χ4n) is 1.91. The van der Waals surface area contributed by atoms with Gasteiger partial charge in [-0.3, -0.25) is 0 Å². The molecule has 0 bridgehead atoms. The van der Waals surface area contributed by atoms with Crippen molar-refractivity contribution in [3.63, 3.8) is 0 Å². The minimum atomic E-state index is -0.156. The zero-order chi connectivity index (χ0) is 13.7. The number of nitrogens with one attached hydrogen (secondary N) is 1. The van der Waals surface area contributed by atoms with E-state index in [-0.39, 0.29) is 11.9 Å². The van der Waals surface area contributed by atoms with Crippen LogP contribution in [0.1, 0.15) is 25.5 Å². The first-order chi connectivity index (χ1) is 9.20. The van der Waals surface area contributed by atoms with Crippen molar-refractivity contribution in [1.82, 2.24) is 5.32 Å². The van der Waals surface area contributed by atoms with Gasteiger partial charge in [-0.2, -0.15) is 0 Å². The Kier molecular flexibility index (Phi) is 5.00. The smallest absolute Gasteiger partial charge is 0.137 e. The summed E-state index contributed by atoms with van der Waals surface area (Å²) in [6.45, 7) is 4.97. The van der Waals surface area contributed by atoms with Crippen molar-refractivity contribution < 1.29 is 4.39 Å². The van der Waals surface area contributed by atoms with E-state index in [9.17, 15) is 4.39 Å². The number of rotatable bonds is 5. The van der Waals surface area contributed by atoms with Gasteiger partial charge in [0.2, 0.25) is 0 Å². The molecule has 0 spiro atoms. The van der Waals surface area contributed by atoms with Crippen LogP contribution in [0.3, 0.4) is 0 Å². The molecule has 0 aliphatic heterocycles. The molecule has 0 saturated heterocycles. The Labute approximate surface area is 118 Å². The molecule has 0 aliphatic carbocycles. The van der Waals surface area contributed by atoms with Crippen LogP contribution in [0.5, 0.6) is 0 Å². The Morgan fingerprint density at radius 1 is 1.16 bits per heavy atom. The highest BCUT2D eigenvalue weighted by atomic mass is 32.2. The van der Waals surface area contributed by atoms with Crippen molar-refractivity contribution in [2.24, 2.45) is 0 Å².